The number of nitrogens with zero attached hydrogens (tertiary/aromatic N) is 2. The number of nitrogens with one attached hydrogen (secondary N) is 1. The Morgan fingerprint density at radius 2 is 2.04 bits per heavy atom. The average molecular weight is 382 g/mol. The molecule has 1 fully saturated rings. The van der Waals surface area contributed by atoms with Crippen molar-refractivity contribution in [2.75, 3.05) is 5.32 Å². The fourth-order valence-corrected chi connectivity index (χ4v) is 4.54. The van der Waals surface area contributed by atoms with Crippen LogP contribution < -0.4 is 10.9 Å². The van der Waals surface area contributed by atoms with Crippen LogP contribution in [0.1, 0.15) is 44.6 Å². The highest BCUT2D eigenvalue weighted by atomic mass is 32.1. The molecule has 1 amide bonds. The second kappa shape index (κ2) is 8.05. The zero-order valence-electron chi connectivity index (χ0n) is 15.1. The Kier molecular flexibility index (Phi) is 5.34. The second-order valence-corrected chi connectivity index (χ2v) is 8.09. The van der Waals surface area contributed by atoms with Gasteiger partial charge in [0, 0.05) is 23.2 Å². The lowest BCUT2D eigenvalue weighted by atomic mass is 9.84. The molecule has 0 saturated heterocycles. The number of fused-ring (bicyclic) bond motifs is 1. The molecule has 2 aromatic heterocycles. The standard InChI is InChI=1S/C21H23N3O2S/c25-19(23-21-22-11-13-27-21)18(14-15-6-2-1-3-7-15)24-12-10-16-8-4-5-9-17(16)20(24)26/h4-5,8-13,15,18H,1-3,6-7,14H2,(H,22,23,25). The quantitative estimate of drug-likeness (QED) is 0.702. The van der Waals surface area contributed by atoms with Crippen molar-refractivity contribution in [3.05, 3.63) is 58.5 Å². The first-order chi connectivity index (χ1) is 13.2. The highest BCUT2D eigenvalue weighted by Gasteiger charge is 2.27. The van der Waals surface area contributed by atoms with Gasteiger partial charge in [-0.05, 0) is 29.9 Å². The van der Waals surface area contributed by atoms with E-state index in [1.807, 2.05) is 35.7 Å². The number of hydrogen-bond acceptors (Lipinski definition) is 4. The Morgan fingerprint density at radius 1 is 1.22 bits per heavy atom. The van der Waals surface area contributed by atoms with Crippen molar-refractivity contribution in [3.63, 3.8) is 0 Å². The number of anilines is 1. The first kappa shape index (κ1) is 17.9. The van der Waals surface area contributed by atoms with Crippen LogP contribution in [0, 0.1) is 5.92 Å². The minimum atomic E-state index is -0.519. The summed E-state index contributed by atoms with van der Waals surface area (Å²) < 4.78 is 1.61. The van der Waals surface area contributed by atoms with Gasteiger partial charge in [-0.2, -0.15) is 0 Å². The van der Waals surface area contributed by atoms with Gasteiger partial charge in [0.05, 0.1) is 0 Å². The molecule has 1 aromatic carbocycles. The van der Waals surface area contributed by atoms with Crippen LogP contribution in [0.15, 0.2) is 52.9 Å². The smallest absolute Gasteiger partial charge is 0.259 e. The molecular formula is C21H23N3O2S. The number of pyridine rings is 1. The van der Waals surface area contributed by atoms with Crippen molar-refractivity contribution >= 4 is 33.1 Å². The number of thiazole rings is 1. The summed E-state index contributed by atoms with van der Waals surface area (Å²) in [5, 5.41) is 6.84. The maximum Gasteiger partial charge on any atom is 0.259 e. The number of benzene rings is 1. The van der Waals surface area contributed by atoms with Crippen LogP contribution in [-0.2, 0) is 4.79 Å². The summed E-state index contributed by atoms with van der Waals surface area (Å²) >= 11 is 1.39. The molecular weight excluding hydrogens is 358 g/mol. The number of amides is 1. The van der Waals surface area contributed by atoms with E-state index in [0.717, 1.165) is 18.2 Å². The van der Waals surface area contributed by atoms with Crippen LogP contribution in [0.2, 0.25) is 0 Å². The third-order valence-electron chi connectivity index (χ3n) is 5.42. The van der Waals surface area contributed by atoms with Crippen molar-refractivity contribution in [1.82, 2.24) is 9.55 Å². The SMILES string of the molecule is O=C(Nc1nccs1)C(CC1CCCCC1)n1ccc2ccccc2c1=O. The Hall–Kier alpha value is -2.47. The Labute approximate surface area is 162 Å². The van der Waals surface area contributed by atoms with Gasteiger partial charge in [-0.15, -0.1) is 11.3 Å². The van der Waals surface area contributed by atoms with Crippen LogP contribution in [0.25, 0.3) is 10.8 Å². The van der Waals surface area contributed by atoms with Crippen molar-refractivity contribution < 1.29 is 4.79 Å². The molecule has 1 N–H and O–H groups in total. The number of carbonyl (C=O) groups excluding carboxylic acids is 1. The van der Waals surface area contributed by atoms with E-state index in [1.165, 1.54) is 30.6 Å². The third-order valence-corrected chi connectivity index (χ3v) is 6.11. The highest BCUT2D eigenvalue weighted by Crippen LogP contribution is 2.31. The van der Waals surface area contributed by atoms with Crippen LogP contribution in [0.5, 0.6) is 0 Å². The summed E-state index contributed by atoms with van der Waals surface area (Å²) in [6, 6.07) is 8.92. The van der Waals surface area contributed by atoms with Gasteiger partial charge in [0.15, 0.2) is 5.13 Å². The molecule has 6 heteroatoms. The van der Waals surface area contributed by atoms with Gasteiger partial charge in [0.25, 0.3) is 5.56 Å². The number of carbonyl (C=O) groups is 1. The predicted molar refractivity (Wildman–Crippen MR) is 109 cm³/mol. The zero-order chi connectivity index (χ0) is 18.6. The zero-order valence-corrected chi connectivity index (χ0v) is 16.0. The van der Waals surface area contributed by atoms with Gasteiger partial charge in [0.1, 0.15) is 6.04 Å². The van der Waals surface area contributed by atoms with Crippen LogP contribution >= 0.6 is 11.3 Å². The Bertz CT molecular complexity index is 975. The molecule has 1 atom stereocenters. The lowest BCUT2D eigenvalue weighted by molar-refractivity contribution is -0.119. The van der Waals surface area contributed by atoms with Crippen LogP contribution in [0.4, 0.5) is 5.13 Å². The molecule has 3 aromatic rings. The minimum Gasteiger partial charge on any atom is -0.302 e. The normalized spacial score (nSPS) is 16.3. The molecule has 2 heterocycles. The summed E-state index contributed by atoms with van der Waals surface area (Å²) in [4.78, 5) is 30.3. The largest absolute Gasteiger partial charge is 0.302 e. The number of aromatic nitrogens is 2. The van der Waals surface area contributed by atoms with Gasteiger partial charge in [0.2, 0.25) is 5.91 Å². The maximum absolute atomic E-state index is 13.1. The molecule has 0 spiro atoms. The van der Waals surface area contributed by atoms with E-state index >= 15 is 0 Å². The summed E-state index contributed by atoms with van der Waals surface area (Å²) in [6.45, 7) is 0. The topological polar surface area (TPSA) is 64.0 Å². The molecule has 140 valence electrons. The van der Waals surface area contributed by atoms with Crippen LogP contribution in [-0.4, -0.2) is 15.5 Å². The third kappa shape index (κ3) is 3.95. The first-order valence-corrected chi connectivity index (χ1v) is 10.4. The van der Waals surface area contributed by atoms with E-state index in [4.69, 9.17) is 0 Å². The highest BCUT2D eigenvalue weighted by molar-refractivity contribution is 7.13. The summed E-state index contributed by atoms with van der Waals surface area (Å²) in [7, 11) is 0. The van der Waals surface area contributed by atoms with E-state index in [1.54, 1.807) is 17.0 Å². The van der Waals surface area contributed by atoms with Crippen molar-refractivity contribution in [2.24, 2.45) is 5.92 Å². The minimum absolute atomic E-state index is 0.108. The fourth-order valence-electron chi connectivity index (χ4n) is 4.01. The van der Waals surface area contributed by atoms with Crippen molar-refractivity contribution in [3.8, 4) is 0 Å². The van der Waals surface area contributed by atoms with E-state index < -0.39 is 6.04 Å². The average Bonchev–Trinajstić information content (AvgIpc) is 3.21. The molecule has 1 unspecified atom stereocenters. The molecule has 0 aliphatic heterocycles. The Morgan fingerprint density at radius 3 is 2.81 bits per heavy atom. The molecule has 1 aliphatic rings. The van der Waals surface area contributed by atoms with Gasteiger partial charge in [-0.1, -0.05) is 50.3 Å². The lowest BCUT2D eigenvalue weighted by Gasteiger charge is -2.27. The summed E-state index contributed by atoms with van der Waals surface area (Å²) in [6.07, 6.45) is 10.1. The number of rotatable bonds is 5. The number of hydrogen-bond donors (Lipinski definition) is 1. The summed E-state index contributed by atoms with van der Waals surface area (Å²) in [5.41, 5.74) is -0.108. The predicted octanol–water partition coefficient (Wildman–Crippen LogP) is 4.61. The van der Waals surface area contributed by atoms with Crippen LogP contribution in [0.3, 0.4) is 0 Å². The van der Waals surface area contributed by atoms with Gasteiger partial charge < -0.3 is 9.88 Å². The molecule has 27 heavy (non-hydrogen) atoms. The maximum atomic E-state index is 13.1. The molecule has 0 radical (unpaired) electrons. The van der Waals surface area contributed by atoms with E-state index in [-0.39, 0.29) is 11.5 Å². The van der Waals surface area contributed by atoms with Crippen molar-refractivity contribution in [2.45, 2.75) is 44.6 Å². The van der Waals surface area contributed by atoms with E-state index in [2.05, 4.69) is 10.3 Å². The van der Waals surface area contributed by atoms with Crippen molar-refractivity contribution in [1.29, 1.82) is 0 Å². The molecule has 5 nitrogen and oxygen atoms in total. The van der Waals surface area contributed by atoms with Gasteiger partial charge >= 0.3 is 0 Å². The van der Waals surface area contributed by atoms with Gasteiger partial charge in [-0.25, -0.2) is 4.98 Å². The lowest BCUT2D eigenvalue weighted by Crippen LogP contribution is -2.34. The second-order valence-electron chi connectivity index (χ2n) is 7.20. The molecule has 0 bridgehead atoms. The summed E-state index contributed by atoms with van der Waals surface area (Å²) in [5.74, 6) is 0.317. The van der Waals surface area contributed by atoms with E-state index in [9.17, 15) is 9.59 Å². The molecule has 1 saturated carbocycles. The molecule has 1 aliphatic carbocycles. The first-order valence-electron chi connectivity index (χ1n) is 9.52. The van der Waals surface area contributed by atoms with Gasteiger partial charge in [-0.3, -0.25) is 9.59 Å². The monoisotopic (exact) mass is 381 g/mol. The molecule has 4 rings (SSSR count). The van der Waals surface area contributed by atoms with E-state index in [0.29, 0.717) is 22.9 Å². The fraction of sp³-hybridized carbons (Fsp3) is 0.381. The Balaban J connectivity index is 1.69.